The SMILES string of the molecule is NCc1ccc(Sc2ncccc2Cl)cc1Cl. The fourth-order valence-electron chi connectivity index (χ4n) is 1.32. The number of nitrogens with two attached hydrogens (primary N) is 1. The van der Waals surface area contributed by atoms with Crippen molar-refractivity contribution in [1.29, 1.82) is 0 Å². The zero-order valence-corrected chi connectivity index (χ0v) is 11.2. The quantitative estimate of drug-likeness (QED) is 0.926. The van der Waals surface area contributed by atoms with Crippen molar-refractivity contribution in [3.05, 3.63) is 52.1 Å². The Bertz CT molecular complexity index is 532. The molecule has 2 aromatic rings. The first-order valence-electron chi connectivity index (χ1n) is 4.97. The lowest BCUT2D eigenvalue weighted by molar-refractivity contribution is 1.06. The van der Waals surface area contributed by atoms with Crippen LogP contribution in [0.5, 0.6) is 0 Å². The van der Waals surface area contributed by atoms with Crippen LogP contribution in [0.3, 0.4) is 0 Å². The van der Waals surface area contributed by atoms with Crippen LogP contribution in [0.2, 0.25) is 10.0 Å². The van der Waals surface area contributed by atoms with Crippen molar-refractivity contribution in [1.82, 2.24) is 4.98 Å². The molecule has 88 valence electrons. The summed E-state index contributed by atoms with van der Waals surface area (Å²) in [5.74, 6) is 0. The van der Waals surface area contributed by atoms with E-state index in [-0.39, 0.29) is 0 Å². The van der Waals surface area contributed by atoms with E-state index >= 15 is 0 Å². The summed E-state index contributed by atoms with van der Waals surface area (Å²) < 4.78 is 0. The average molecular weight is 285 g/mol. The minimum Gasteiger partial charge on any atom is -0.326 e. The van der Waals surface area contributed by atoms with Gasteiger partial charge in [-0.05, 0) is 29.8 Å². The van der Waals surface area contributed by atoms with Gasteiger partial charge in [0.05, 0.1) is 5.02 Å². The molecule has 2 nitrogen and oxygen atoms in total. The summed E-state index contributed by atoms with van der Waals surface area (Å²) in [4.78, 5) is 5.20. The van der Waals surface area contributed by atoms with Crippen molar-refractivity contribution in [3.8, 4) is 0 Å². The second kappa shape index (κ2) is 5.74. The van der Waals surface area contributed by atoms with E-state index in [0.717, 1.165) is 15.5 Å². The number of rotatable bonds is 3. The Kier molecular flexibility index (Phi) is 4.29. The maximum atomic E-state index is 6.09. The highest BCUT2D eigenvalue weighted by Gasteiger charge is 2.05. The smallest absolute Gasteiger partial charge is 0.119 e. The fraction of sp³-hybridized carbons (Fsp3) is 0.0833. The van der Waals surface area contributed by atoms with Crippen LogP contribution in [0.25, 0.3) is 0 Å². The first-order chi connectivity index (χ1) is 8.20. The van der Waals surface area contributed by atoms with Gasteiger partial charge in [0.15, 0.2) is 0 Å². The highest BCUT2D eigenvalue weighted by atomic mass is 35.5. The van der Waals surface area contributed by atoms with Crippen LogP contribution in [0.15, 0.2) is 46.5 Å². The van der Waals surface area contributed by atoms with Crippen LogP contribution in [0, 0.1) is 0 Å². The third-order valence-corrected chi connectivity index (χ3v) is 3.96. The van der Waals surface area contributed by atoms with Crippen LogP contribution >= 0.6 is 35.0 Å². The molecular weight excluding hydrogens is 275 g/mol. The molecule has 0 aliphatic carbocycles. The van der Waals surface area contributed by atoms with Crippen molar-refractivity contribution in [2.24, 2.45) is 5.73 Å². The van der Waals surface area contributed by atoms with E-state index in [2.05, 4.69) is 4.98 Å². The third kappa shape index (κ3) is 3.13. The molecule has 1 aromatic carbocycles. The maximum Gasteiger partial charge on any atom is 0.119 e. The molecule has 0 atom stereocenters. The Morgan fingerprint density at radius 1 is 1.18 bits per heavy atom. The largest absolute Gasteiger partial charge is 0.326 e. The Balaban J connectivity index is 2.25. The summed E-state index contributed by atoms with van der Waals surface area (Å²) in [6.07, 6.45) is 1.71. The molecule has 0 amide bonds. The van der Waals surface area contributed by atoms with Crippen molar-refractivity contribution in [2.75, 3.05) is 0 Å². The monoisotopic (exact) mass is 284 g/mol. The summed E-state index contributed by atoms with van der Waals surface area (Å²) in [5.41, 5.74) is 6.49. The summed E-state index contributed by atoms with van der Waals surface area (Å²) in [7, 11) is 0. The molecule has 0 unspecified atom stereocenters. The van der Waals surface area contributed by atoms with Crippen LogP contribution in [0.4, 0.5) is 0 Å². The summed E-state index contributed by atoms with van der Waals surface area (Å²) in [5, 5.41) is 2.08. The third-order valence-electron chi connectivity index (χ3n) is 2.18. The number of benzene rings is 1. The number of hydrogen-bond acceptors (Lipinski definition) is 3. The summed E-state index contributed by atoms with van der Waals surface area (Å²) in [6, 6.07) is 9.37. The molecule has 0 aliphatic rings. The lowest BCUT2D eigenvalue weighted by Gasteiger charge is -2.05. The van der Waals surface area contributed by atoms with E-state index in [1.165, 1.54) is 11.8 Å². The van der Waals surface area contributed by atoms with E-state index in [9.17, 15) is 0 Å². The number of halogens is 2. The predicted octanol–water partition coefficient (Wildman–Crippen LogP) is 4.00. The van der Waals surface area contributed by atoms with Gasteiger partial charge >= 0.3 is 0 Å². The molecule has 2 rings (SSSR count). The van der Waals surface area contributed by atoms with Crippen molar-refractivity contribution in [3.63, 3.8) is 0 Å². The highest BCUT2D eigenvalue weighted by Crippen LogP contribution is 2.33. The first-order valence-corrected chi connectivity index (χ1v) is 6.55. The first kappa shape index (κ1) is 12.7. The average Bonchev–Trinajstić information content (AvgIpc) is 2.32. The molecule has 17 heavy (non-hydrogen) atoms. The van der Waals surface area contributed by atoms with Gasteiger partial charge in [-0.25, -0.2) is 4.98 Å². The molecule has 0 fully saturated rings. The van der Waals surface area contributed by atoms with Gasteiger partial charge in [-0.1, -0.05) is 41.0 Å². The Hall–Kier alpha value is -0.740. The van der Waals surface area contributed by atoms with Gasteiger partial charge in [0.25, 0.3) is 0 Å². The molecule has 0 saturated heterocycles. The molecule has 5 heteroatoms. The summed E-state index contributed by atoms with van der Waals surface area (Å²) >= 11 is 13.6. The number of hydrogen-bond donors (Lipinski definition) is 1. The Morgan fingerprint density at radius 3 is 2.65 bits per heavy atom. The predicted molar refractivity (Wildman–Crippen MR) is 72.7 cm³/mol. The fourth-order valence-corrected chi connectivity index (χ4v) is 2.69. The molecule has 0 radical (unpaired) electrons. The van der Waals surface area contributed by atoms with Gasteiger partial charge in [-0.2, -0.15) is 0 Å². The standard InChI is InChI=1S/C12H10Cl2N2S/c13-10-2-1-5-16-12(10)17-9-4-3-8(7-15)11(14)6-9/h1-6H,7,15H2. The molecular formula is C12H10Cl2N2S. The van der Waals surface area contributed by atoms with E-state index in [0.29, 0.717) is 16.6 Å². The van der Waals surface area contributed by atoms with E-state index in [1.54, 1.807) is 12.3 Å². The number of aromatic nitrogens is 1. The van der Waals surface area contributed by atoms with Crippen LogP contribution < -0.4 is 5.73 Å². The minimum atomic E-state index is 0.439. The van der Waals surface area contributed by atoms with Gasteiger partial charge in [0.2, 0.25) is 0 Å². The summed E-state index contributed by atoms with van der Waals surface area (Å²) in [6.45, 7) is 0.439. The molecule has 0 bridgehead atoms. The minimum absolute atomic E-state index is 0.439. The molecule has 2 N–H and O–H groups in total. The van der Waals surface area contributed by atoms with Crippen molar-refractivity contribution in [2.45, 2.75) is 16.5 Å². The number of nitrogens with zero attached hydrogens (tertiary/aromatic N) is 1. The van der Waals surface area contributed by atoms with Gasteiger partial charge < -0.3 is 5.73 Å². The van der Waals surface area contributed by atoms with E-state index in [4.69, 9.17) is 28.9 Å². The number of pyridine rings is 1. The molecule has 0 aliphatic heterocycles. The zero-order chi connectivity index (χ0) is 12.3. The zero-order valence-electron chi connectivity index (χ0n) is 8.86. The van der Waals surface area contributed by atoms with Gasteiger partial charge in [-0.3, -0.25) is 0 Å². The Labute approximate surface area is 114 Å². The van der Waals surface area contributed by atoms with Crippen molar-refractivity contribution >= 4 is 35.0 Å². The van der Waals surface area contributed by atoms with Crippen LogP contribution in [0.1, 0.15) is 5.56 Å². The molecule has 1 aromatic heterocycles. The van der Waals surface area contributed by atoms with Crippen LogP contribution in [-0.2, 0) is 6.54 Å². The van der Waals surface area contributed by atoms with Crippen LogP contribution in [-0.4, -0.2) is 4.98 Å². The maximum absolute atomic E-state index is 6.09. The second-order valence-electron chi connectivity index (χ2n) is 3.35. The topological polar surface area (TPSA) is 38.9 Å². The molecule has 0 spiro atoms. The lowest BCUT2D eigenvalue weighted by atomic mass is 10.2. The van der Waals surface area contributed by atoms with E-state index < -0.39 is 0 Å². The van der Waals surface area contributed by atoms with Gasteiger partial charge in [0.1, 0.15) is 5.03 Å². The van der Waals surface area contributed by atoms with Crippen molar-refractivity contribution < 1.29 is 0 Å². The lowest BCUT2D eigenvalue weighted by Crippen LogP contribution is -1.96. The normalized spacial score (nSPS) is 10.5. The van der Waals surface area contributed by atoms with Gasteiger partial charge in [0, 0.05) is 22.7 Å². The molecule has 0 saturated carbocycles. The molecule has 1 heterocycles. The second-order valence-corrected chi connectivity index (χ2v) is 5.23. The van der Waals surface area contributed by atoms with Gasteiger partial charge in [-0.15, -0.1) is 0 Å². The Morgan fingerprint density at radius 2 is 2.00 bits per heavy atom. The highest BCUT2D eigenvalue weighted by molar-refractivity contribution is 7.99. The van der Waals surface area contributed by atoms with E-state index in [1.807, 2.05) is 24.3 Å².